The third kappa shape index (κ3) is 4.10. The normalized spacial score (nSPS) is 11.3. The zero-order chi connectivity index (χ0) is 17.0. The largest absolute Gasteiger partial charge is 0.322 e. The Labute approximate surface area is 138 Å². The van der Waals surface area contributed by atoms with Crippen LogP contribution in [0, 0.1) is 5.82 Å². The van der Waals surface area contributed by atoms with E-state index in [4.69, 9.17) is 0 Å². The molecule has 0 fully saturated rings. The van der Waals surface area contributed by atoms with Crippen LogP contribution in [0.2, 0.25) is 0 Å². The molecule has 2 aromatic carbocycles. The van der Waals surface area contributed by atoms with Crippen molar-refractivity contribution in [3.63, 3.8) is 0 Å². The van der Waals surface area contributed by atoms with Crippen molar-refractivity contribution >= 4 is 33.4 Å². The smallest absolute Gasteiger partial charge is 0.258 e. The summed E-state index contributed by atoms with van der Waals surface area (Å²) in [5.41, 5.74) is 0.166. The zero-order valence-corrected chi connectivity index (χ0v) is 14.1. The fourth-order valence-corrected chi connectivity index (χ4v) is 3.08. The highest BCUT2D eigenvalue weighted by Gasteiger charge is 2.18. The Morgan fingerprint density at radius 3 is 2.57 bits per heavy atom. The van der Waals surface area contributed by atoms with Gasteiger partial charge in [0.15, 0.2) is 0 Å². The van der Waals surface area contributed by atoms with Crippen molar-refractivity contribution in [2.75, 3.05) is 18.6 Å². The molecule has 8 heteroatoms. The van der Waals surface area contributed by atoms with Crippen LogP contribution in [0.5, 0.6) is 0 Å². The lowest BCUT2D eigenvalue weighted by molar-refractivity contribution is 0.102. The van der Waals surface area contributed by atoms with Gasteiger partial charge in [-0.1, -0.05) is 6.07 Å². The number of carbonyl (C=O) groups is 1. The van der Waals surface area contributed by atoms with Gasteiger partial charge in [0.25, 0.3) is 5.91 Å². The predicted octanol–water partition coefficient (Wildman–Crippen LogP) is 2.71. The van der Waals surface area contributed by atoms with Crippen molar-refractivity contribution < 1.29 is 17.6 Å². The lowest BCUT2D eigenvalue weighted by Crippen LogP contribution is -2.20. The molecule has 0 saturated carbocycles. The summed E-state index contributed by atoms with van der Waals surface area (Å²) in [5.74, 6) is -1.51. The number of anilines is 1. The van der Waals surface area contributed by atoms with Gasteiger partial charge in [0.05, 0.1) is 10.5 Å². The fourth-order valence-electron chi connectivity index (χ4n) is 1.86. The van der Waals surface area contributed by atoms with E-state index in [0.717, 1.165) is 23.1 Å². The van der Waals surface area contributed by atoms with Gasteiger partial charge in [0.2, 0.25) is 10.0 Å². The fraction of sp³-hybridized carbons (Fsp3) is 0.133. The van der Waals surface area contributed by atoms with E-state index >= 15 is 0 Å². The summed E-state index contributed by atoms with van der Waals surface area (Å²) >= 11 is 1.50. The first-order valence-electron chi connectivity index (χ1n) is 6.56. The molecule has 2 N–H and O–H groups in total. The first-order valence-corrected chi connectivity index (χ1v) is 9.26. The summed E-state index contributed by atoms with van der Waals surface area (Å²) in [4.78, 5) is 13.0. The molecular formula is C15H15FN2O3S2. The molecule has 2 rings (SSSR count). The Kier molecular flexibility index (Phi) is 5.40. The molecule has 0 bridgehead atoms. The van der Waals surface area contributed by atoms with Gasteiger partial charge < -0.3 is 5.32 Å². The van der Waals surface area contributed by atoms with Gasteiger partial charge in [-0.25, -0.2) is 17.5 Å². The van der Waals surface area contributed by atoms with Crippen molar-refractivity contribution in [1.29, 1.82) is 0 Å². The molecule has 0 saturated heterocycles. The monoisotopic (exact) mass is 354 g/mol. The first kappa shape index (κ1) is 17.5. The second-order valence-electron chi connectivity index (χ2n) is 4.54. The van der Waals surface area contributed by atoms with Crippen LogP contribution in [0.4, 0.5) is 10.1 Å². The van der Waals surface area contributed by atoms with E-state index in [-0.39, 0.29) is 10.5 Å². The summed E-state index contributed by atoms with van der Waals surface area (Å²) < 4.78 is 39.5. The molecular weight excluding hydrogens is 339 g/mol. The second-order valence-corrected chi connectivity index (χ2v) is 7.30. The molecule has 0 heterocycles. The maximum absolute atomic E-state index is 13.9. The number of thioether (sulfide) groups is 1. The van der Waals surface area contributed by atoms with Crippen LogP contribution in [-0.4, -0.2) is 27.6 Å². The van der Waals surface area contributed by atoms with Gasteiger partial charge in [-0.3, -0.25) is 4.79 Å². The van der Waals surface area contributed by atoms with E-state index in [1.165, 1.54) is 18.8 Å². The van der Waals surface area contributed by atoms with Crippen LogP contribution in [0.15, 0.2) is 52.3 Å². The van der Waals surface area contributed by atoms with Crippen molar-refractivity contribution in [2.45, 2.75) is 9.79 Å². The Balaban J connectivity index is 2.33. The molecule has 0 aromatic heterocycles. The highest BCUT2D eigenvalue weighted by Crippen LogP contribution is 2.21. The number of rotatable bonds is 5. The van der Waals surface area contributed by atoms with Gasteiger partial charge >= 0.3 is 0 Å². The molecule has 5 nitrogen and oxygen atoms in total. The number of benzene rings is 2. The molecule has 0 atom stereocenters. The standard InChI is InChI=1S/C15H15FN2O3S2/c1-17-23(20,21)12-6-7-14(16)13(9-12)15(19)18-10-4-3-5-11(8-10)22-2/h3-9,17H,1-2H3,(H,18,19). The minimum absolute atomic E-state index is 0.176. The van der Waals surface area contributed by atoms with E-state index in [2.05, 4.69) is 10.0 Å². The number of halogens is 1. The van der Waals surface area contributed by atoms with Gasteiger partial charge in [0, 0.05) is 10.6 Å². The maximum Gasteiger partial charge on any atom is 0.258 e. The third-order valence-corrected chi connectivity index (χ3v) is 5.23. The van der Waals surface area contributed by atoms with E-state index in [0.29, 0.717) is 5.69 Å². The predicted molar refractivity (Wildman–Crippen MR) is 88.8 cm³/mol. The van der Waals surface area contributed by atoms with Gasteiger partial charge in [0.1, 0.15) is 5.82 Å². The topological polar surface area (TPSA) is 75.3 Å². The van der Waals surface area contributed by atoms with Crippen LogP contribution in [0.3, 0.4) is 0 Å². The Morgan fingerprint density at radius 2 is 1.91 bits per heavy atom. The third-order valence-electron chi connectivity index (χ3n) is 3.09. The van der Waals surface area contributed by atoms with E-state index < -0.39 is 21.7 Å². The van der Waals surface area contributed by atoms with E-state index in [1.807, 2.05) is 12.3 Å². The number of carbonyl (C=O) groups excluding carboxylic acids is 1. The Morgan fingerprint density at radius 1 is 1.17 bits per heavy atom. The summed E-state index contributed by atoms with van der Waals surface area (Å²) in [6.45, 7) is 0. The number of amides is 1. The van der Waals surface area contributed by atoms with Crippen LogP contribution >= 0.6 is 11.8 Å². The minimum Gasteiger partial charge on any atom is -0.322 e. The van der Waals surface area contributed by atoms with E-state index in [9.17, 15) is 17.6 Å². The van der Waals surface area contributed by atoms with Crippen molar-refractivity contribution in [2.24, 2.45) is 0 Å². The van der Waals surface area contributed by atoms with Crippen LogP contribution < -0.4 is 10.0 Å². The maximum atomic E-state index is 13.9. The molecule has 1 amide bonds. The second kappa shape index (κ2) is 7.12. The van der Waals surface area contributed by atoms with Crippen LogP contribution in [0.25, 0.3) is 0 Å². The molecule has 0 unspecified atom stereocenters. The molecule has 2 aromatic rings. The molecule has 0 aliphatic heterocycles. The van der Waals surface area contributed by atoms with Crippen molar-refractivity contribution in [1.82, 2.24) is 4.72 Å². The average Bonchev–Trinajstić information content (AvgIpc) is 2.55. The number of sulfonamides is 1. The minimum atomic E-state index is -3.75. The summed E-state index contributed by atoms with van der Waals surface area (Å²) in [6, 6.07) is 10.1. The molecule has 0 aliphatic rings. The highest BCUT2D eigenvalue weighted by atomic mass is 32.2. The highest BCUT2D eigenvalue weighted by molar-refractivity contribution is 7.98. The van der Waals surface area contributed by atoms with E-state index in [1.54, 1.807) is 18.2 Å². The van der Waals surface area contributed by atoms with Gasteiger partial charge in [-0.05, 0) is 49.7 Å². The average molecular weight is 354 g/mol. The molecule has 0 radical (unpaired) electrons. The quantitative estimate of drug-likeness (QED) is 0.810. The summed E-state index contributed by atoms with van der Waals surface area (Å²) in [6.07, 6.45) is 1.90. The summed E-state index contributed by atoms with van der Waals surface area (Å²) in [7, 11) is -2.51. The van der Waals surface area contributed by atoms with Gasteiger partial charge in [-0.2, -0.15) is 0 Å². The SMILES string of the molecule is CNS(=O)(=O)c1ccc(F)c(C(=O)Nc2cccc(SC)c2)c1. The number of hydrogen-bond acceptors (Lipinski definition) is 4. The number of hydrogen-bond donors (Lipinski definition) is 2. The van der Waals surface area contributed by atoms with Crippen LogP contribution in [-0.2, 0) is 10.0 Å². The Hall–Kier alpha value is -1.90. The zero-order valence-electron chi connectivity index (χ0n) is 12.5. The first-order chi connectivity index (χ1) is 10.9. The van der Waals surface area contributed by atoms with Crippen molar-refractivity contribution in [3.05, 3.63) is 53.8 Å². The van der Waals surface area contributed by atoms with Gasteiger partial charge in [-0.15, -0.1) is 11.8 Å². The molecule has 0 spiro atoms. The number of nitrogens with one attached hydrogen (secondary N) is 2. The van der Waals surface area contributed by atoms with Crippen molar-refractivity contribution in [3.8, 4) is 0 Å². The lowest BCUT2D eigenvalue weighted by atomic mass is 10.2. The molecule has 23 heavy (non-hydrogen) atoms. The summed E-state index contributed by atoms with van der Waals surface area (Å²) in [5, 5.41) is 2.56. The molecule has 0 aliphatic carbocycles. The Bertz CT molecular complexity index is 838. The molecule has 122 valence electrons. The lowest BCUT2D eigenvalue weighted by Gasteiger charge is -2.09. The van der Waals surface area contributed by atoms with Crippen LogP contribution in [0.1, 0.15) is 10.4 Å².